The van der Waals surface area contributed by atoms with Gasteiger partial charge in [-0.25, -0.2) is 0 Å². The van der Waals surface area contributed by atoms with E-state index in [1.54, 1.807) is 0 Å². The lowest BCUT2D eigenvalue weighted by atomic mass is 9.46. The predicted octanol–water partition coefficient (Wildman–Crippen LogP) is 10.8. The Morgan fingerprint density at radius 2 is 0.778 bits per heavy atom. The molecule has 4 aliphatic heterocycles. The highest BCUT2D eigenvalue weighted by atomic mass is 16.4. The lowest BCUT2D eigenvalue weighted by molar-refractivity contribution is 0.597. The Bertz CT molecular complexity index is 3560. The molecule has 63 heavy (non-hydrogen) atoms. The maximum atomic E-state index is 7.56. The van der Waals surface area contributed by atoms with Crippen LogP contribution in [0.1, 0.15) is 5.56 Å². The van der Waals surface area contributed by atoms with Crippen LogP contribution in [0.4, 0.5) is 34.1 Å². The third kappa shape index (κ3) is 4.20. The summed E-state index contributed by atoms with van der Waals surface area (Å²) in [7, 11) is 0. The average molecular weight is 805 g/mol. The second-order valence-corrected chi connectivity index (χ2v) is 17.1. The minimum atomic E-state index is -0.423. The Morgan fingerprint density at radius 3 is 1.25 bits per heavy atom. The second kappa shape index (κ2) is 12.1. The number of anilines is 6. The quantitative estimate of drug-likeness (QED) is 0.163. The monoisotopic (exact) mass is 804 g/mol. The molecule has 0 N–H and O–H groups in total. The number of para-hydroxylation sites is 6. The standard InChI is InChI=1S/C55H34B2N4O2/c1-33-52-40(56-50-44(58(52)34-16-4-2-5-17-34)26-14-28-46(50)60-42-24-10-8-20-36(42)38-22-12-30-48(62-56)54(38)60)32-41-53(33)59(35-18-6-3-7-19-35)45-27-15-29-47-51(45)57(41)63-49-31-13-23-39-37-21-9-11-25-43(37)61(47)55(39)49/h2-32H,1H3. The van der Waals surface area contributed by atoms with E-state index >= 15 is 0 Å². The van der Waals surface area contributed by atoms with E-state index in [0.717, 1.165) is 106 Å². The first-order valence-corrected chi connectivity index (χ1v) is 21.7. The molecular formula is C55H34B2N4O2. The van der Waals surface area contributed by atoms with E-state index in [1.165, 1.54) is 21.5 Å². The highest BCUT2D eigenvalue weighted by molar-refractivity contribution is 6.88. The van der Waals surface area contributed by atoms with Crippen molar-refractivity contribution in [2.45, 2.75) is 6.92 Å². The van der Waals surface area contributed by atoms with Gasteiger partial charge in [0, 0.05) is 78.0 Å². The van der Waals surface area contributed by atoms with E-state index in [-0.39, 0.29) is 0 Å². The van der Waals surface area contributed by atoms with E-state index in [9.17, 15) is 0 Å². The summed E-state index contributed by atoms with van der Waals surface area (Å²) in [6, 6.07) is 68.1. The van der Waals surface area contributed by atoms with Crippen LogP contribution in [0, 0.1) is 6.92 Å². The Balaban J connectivity index is 1.07. The molecule has 0 saturated carbocycles. The van der Waals surface area contributed by atoms with Crippen molar-refractivity contribution in [2.24, 2.45) is 0 Å². The van der Waals surface area contributed by atoms with E-state index in [4.69, 9.17) is 9.31 Å². The highest BCUT2D eigenvalue weighted by Crippen LogP contribution is 2.49. The Labute approximate surface area is 363 Å². The Hall–Kier alpha value is -8.09. The Kier molecular flexibility index (Phi) is 6.43. The van der Waals surface area contributed by atoms with Crippen molar-refractivity contribution >= 4 is 113 Å². The van der Waals surface area contributed by atoms with Crippen molar-refractivity contribution in [2.75, 3.05) is 9.80 Å². The smallest absolute Gasteiger partial charge is 0.432 e. The van der Waals surface area contributed by atoms with Gasteiger partial charge >= 0.3 is 13.8 Å². The number of fused-ring (bicyclic) bond motifs is 12. The van der Waals surface area contributed by atoms with Crippen molar-refractivity contribution in [3.05, 3.63) is 194 Å². The molecule has 0 fully saturated rings. The first-order chi connectivity index (χ1) is 31.2. The molecule has 4 aliphatic rings. The van der Waals surface area contributed by atoms with Gasteiger partial charge in [-0.1, -0.05) is 115 Å². The number of aromatic nitrogens is 2. The van der Waals surface area contributed by atoms with Crippen molar-refractivity contribution in [1.82, 2.24) is 9.13 Å². The summed E-state index contributed by atoms with van der Waals surface area (Å²) in [5.41, 5.74) is 19.0. The zero-order valence-corrected chi connectivity index (χ0v) is 34.2. The predicted molar refractivity (Wildman–Crippen MR) is 261 cm³/mol. The van der Waals surface area contributed by atoms with Gasteiger partial charge in [0.15, 0.2) is 0 Å². The first kappa shape index (κ1) is 33.6. The molecule has 0 atom stereocenters. The van der Waals surface area contributed by atoms with Gasteiger partial charge in [-0.2, -0.15) is 0 Å². The molecule has 0 bridgehead atoms. The molecule has 0 spiro atoms. The molecule has 15 rings (SSSR count). The van der Waals surface area contributed by atoms with Gasteiger partial charge in [0.1, 0.15) is 11.5 Å². The summed E-state index contributed by atoms with van der Waals surface area (Å²) in [4.78, 5) is 4.95. The minimum Gasteiger partial charge on any atom is -0.550 e. The Morgan fingerprint density at radius 1 is 0.381 bits per heavy atom. The topological polar surface area (TPSA) is 34.8 Å². The van der Waals surface area contributed by atoms with Crippen LogP contribution in [-0.4, -0.2) is 23.0 Å². The van der Waals surface area contributed by atoms with E-state index in [1.807, 2.05) is 0 Å². The molecular weight excluding hydrogens is 770 g/mol. The highest BCUT2D eigenvalue weighted by Gasteiger charge is 2.48. The molecule has 0 aliphatic carbocycles. The third-order valence-corrected chi connectivity index (χ3v) is 14.0. The van der Waals surface area contributed by atoms with Gasteiger partial charge in [0.2, 0.25) is 0 Å². The van der Waals surface area contributed by atoms with E-state index in [0.29, 0.717) is 0 Å². The summed E-state index contributed by atoms with van der Waals surface area (Å²) in [6.07, 6.45) is 0. The normalized spacial score (nSPS) is 13.9. The zero-order valence-electron chi connectivity index (χ0n) is 34.2. The van der Waals surface area contributed by atoms with Crippen LogP contribution < -0.4 is 41.0 Å². The van der Waals surface area contributed by atoms with Gasteiger partial charge in [-0.15, -0.1) is 0 Å². The molecule has 8 heteroatoms. The summed E-state index contributed by atoms with van der Waals surface area (Å²) in [5, 5.41) is 4.79. The SMILES string of the molecule is Cc1c2c(cc3c1N(c1ccccc1)c1cccc4c1B3Oc1cccc3c5ccccc5n-4c13)B1Oc3cccc4c5ccccc5n(c34)-c3cccc(c31)N2c1ccccc1. The van der Waals surface area contributed by atoms with Gasteiger partial charge < -0.3 is 28.2 Å². The van der Waals surface area contributed by atoms with Crippen LogP contribution in [0.2, 0.25) is 0 Å². The molecule has 6 heterocycles. The number of rotatable bonds is 2. The average Bonchev–Trinajstić information content (AvgIpc) is 3.74. The van der Waals surface area contributed by atoms with E-state index < -0.39 is 13.8 Å². The minimum absolute atomic E-state index is 0.423. The molecule has 0 radical (unpaired) electrons. The van der Waals surface area contributed by atoms with Crippen molar-refractivity contribution in [3.63, 3.8) is 0 Å². The van der Waals surface area contributed by atoms with Crippen LogP contribution in [0.25, 0.3) is 55.0 Å². The van der Waals surface area contributed by atoms with Crippen molar-refractivity contribution in [3.8, 4) is 22.9 Å². The van der Waals surface area contributed by atoms with Gasteiger partial charge in [-0.05, 0) is 96.2 Å². The number of nitrogens with zero attached hydrogens (tertiary/aromatic N) is 4. The lowest BCUT2D eigenvalue weighted by Gasteiger charge is -2.42. The van der Waals surface area contributed by atoms with Gasteiger partial charge in [0.05, 0.1) is 22.1 Å². The number of hydrogen-bond donors (Lipinski definition) is 0. The zero-order chi connectivity index (χ0) is 41.1. The molecule has 0 amide bonds. The van der Waals surface area contributed by atoms with Crippen LogP contribution in [0.3, 0.4) is 0 Å². The van der Waals surface area contributed by atoms with Gasteiger partial charge in [-0.3, -0.25) is 0 Å². The largest absolute Gasteiger partial charge is 0.550 e. The molecule has 2 aromatic heterocycles. The fourth-order valence-corrected chi connectivity index (χ4v) is 11.6. The summed E-state index contributed by atoms with van der Waals surface area (Å²) in [6.45, 7) is 1.46. The molecule has 292 valence electrons. The maximum Gasteiger partial charge on any atom is 0.432 e. The summed E-state index contributed by atoms with van der Waals surface area (Å²) < 4.78 is 20.0. The first-order valence-electron chi connectivity index (χ1n) is 21.7. The van der Waals surface area contributed by atoms with Crippen molar-refractivity contribution in [1.29, 1.82) is 0 Å². The van der Waals surface area contributed by atoms with E-state index in [2.05, 4.69) is 214 Å². The van der Waals surface area contributed by atoms with Gasteiger partial charge in [0.25, 0.3) is 0 Å². The molecule has 11 aromatic rings. The third-order valence-electron chi connectivity index (χ3n) is 14.0. The number of hydrogen-bond acceptors (Lipinski definition) is 4. The molecule has 6 nitrogen and oxygen atoms in total. The maximum absolute atomic E-state index is 7.56. The fraction of sp³-hybridized carbons (Fsp3) is 0.0182. The second-order valence-electron chi connectivity index (χ2n) is 17.1. The molecule has 0 unspecified atom stereocenters. The molecule has 0 saturated heterocycles. The lowest BCUT2D eigenvalue weighted by Crippen LogP contribution is -2.60. The van der Waals surface area contributed by atoms with Crippen molar-refractivity contribution < 1.29 is 9.31 Å². The van der Waals surface area contributed by atoms with Crippen LogP contribution in [0.5, 0.6) is 11.5 Å². The van der Waals surface area contributed by atoms with Crippen LogP contribution >= 0.6 is 0 Å². The summed E-state index contributed by atoms with van der Waals surface area (Å²) in [5.74, 6) is 1.74. The fourth-order valence-electron chi connectivity index (χ4n) is 11.6. The number of benzene rings is 9. The van der Waals surface area contributed by atoms with Crippen LogP contribution in [0.15, 0.2) is 188 Å². The molecule has 9 aromatic carbocycles. The van der Waals surface area contributed by atoms with Crippen LogP contribution in [-0.2, 0) is 0 Å². The summed E-state index contributed by atoms with van der Waals surface area (Å²) >= 11 is 0.